The monoisotopic (exact) mass is 385 g/mol. The largest absolute Gasteiger partial charge is 0.379 e. The van der Waals surface area contributed by atoms with Crippen molar-refractivity contribution in [1.29, 1.82) is 0 Å². The molecule has 0 aromatic rings. The smallest absolute Gasteiger partial charge is 0.246 e. The molecule has 0 aliphatic heterocycles. The molecular weight excluding hydrogens is 358 g/mol. The van der Waals surface area contributed by atoms with Crippen LogP contribution in [0.15, 0.2) is 10.2 Å². The first-order chi connectivity index (χ1) is 13.2. The van der Waals surface area contributed by atoms with Gasteiger partial charge in [-0.1, -0.05) is 10.2 Å². The molecule has 0 radical (unpaired) electrons. The van der Waals surface area contributed by atoms with Crippen molar-refractivity contribution in [3.05, 3.63) is 20.9 Å². The lowest BCUT2D eigenvalue weighted by atomic mass is 10.1. The van der Waals surface area contributed by atoms with Crippen LogP contribution in [0.2, 0.25) is 0 Å². The van der Waals surface area contributed by atoms with Crippen molar-refractivity contribution in [2.75, 3.05) is 52.6 Å². The molecule has 0 aromatic carbocycles. The summed E-state index contributed by atoms with van der Waals surface area (Å²) in [5.41, 5.74) is 21.7. The first kappa shape index (κ1) is 24.4. The lowest BCUT2D eigenvalue weighted by molar-refractivity contribution is -0.131. The van der Waals surface area contributed by atoms with Crippen LogP contribution in [0, 0.1) is 0 Å². The Morgan fingerprint density at radius 3 is 2.33 bits per heavy atom. The number of ether oxygens (including phenoxy) is 2. The van der Waals surface area contributed by atoms with E-state index >= 15 is 0 Å². The van der Waals surface area contributed by atoms with Gasteiger partial charge in [0.15, 0.2) is 0 Å². The molecule has 0 bridgehead atoms. The number of azide groups is 2. The highest BCUT2D eigenvalue weighted by molar-refractivity contribution is 5.87. The maximum atomic E-state index is 12.2. The van der Waals surface area contributed by atoms with E-state index in [-0.39, 0.29) is 52.0 Å². The number of amides is 2. The minimum absolute atomic E-state index is 0.120. The number of nitrogens with one attached hydrogen (secondary N) is 2. The summed E-state index contributed by atoms with van der Waals surface area (Å²) in [6.45, 7) is 1.54. The molecule has 13 nitrogen and oxygen atoms in total. The number of hydrogen-bond acceptors (Lipinski definition) is 7. The lowest BCUT2D eigenvalue weighted by Crippen LogP contribution is -2.48. The molecule has 0 rings (SSSR count). The van der Waals surface area contributed by atoms with E-state index in [9.17, 15) is 9.59 Å². The Labute approximate surface area is 157 Å². The van der Waals surface area contributed by atoms with Gasteiger partial charge in [0.2, 0.25) is 11.8 Å². The zero-order valence-electron chi connectivity index (χ0n) is 15.2. The van der Waals surface area contributed by atoms with Crippen LogP contribution in [-0.4, -0.2) is 70.5 Å². The number of nitrogens with two attached hydrogens (primary N) is 1. The van der Waals surface area contributed by atoms with Crippen LogP contribution in [0.25, 0.3) is 20.9 Å². The van der Waals surface area contributed by atoms with E-state index in [1.807, 2.05) is 0 Å². The molecule has 1 atom stereocenters. The van der Waals surface area contributed by atoms with Gasteiger partial charge in [0.05, 0.1) is 19.8 Å². The summed E-state index contributed by atoms with van der Waals surface area (Å²) < 4.78 is 10.3. The summed E-state index contributed by atoms with van der Waals surface area (Å²) in [5.74, 6) is -0.762. The molecule has 0 aromatic heterocycles. The molecule has 4 N–H and O–H groups in total. The highest BCUT2D eigenvalue weighted by Gasteiger charge is 2.20. The van der Waals surface area contributed by atoms with Gasteiger partial charge in [-0.25, -0.2) is 0 Å². The van der Waals surface area contributed by atoms with Crippen LogP contribution in [-0.2, 0) is 19.1 Å². The predicted octanol–water partition coefficient (Wildman–Crippen LogP) is 0.370. The molecule has 0 fully saturated rings. The van der Waals surface area contributed by atoms with Gasteiger partial charge in [-0.2, -0.15) is 0 Å². The van der Waals surface area contributed by atoms with Crippen molar-refractivity contribution in [3.63, 3.8) is 0 Å². The van der Waals surface area contributed by atoms with Gasteiger partial charge in [0, 0.05) is 29.5 Å². The van der Waals surface area contributed by atoms with Gasteiger partial charge in [-0.15, -0.1) is 0 Å². The fourth-order valence-corrected chi connectivity index (χ4v) is 1.93. The number of unbranched alkanes of at least 4 members (excludes halogenated alkanes) is 1. The number of nitrogens with zero attached hydrogens (tertiary/aromatic N) is 6. The second-order valence-electron chi connectivity index (χ2n) is 5.27. The summed E-state index contributed by atoms with van der Waals surface area (Å²) in [6.07, 6.45) is 1.88. The summed E-state index contributed by atoms with van der Waals surface area (Å²) in [7, 11) is 0. The SMILES string of the molecule is [N-]=[N+]=NCCOCCNC(=O)[C@H](CCCCN)NC(=O)COCCN=[N+]=[N-]. The summed E-state index contributed by atoms with van der Waals surface area (Å²) in [4.78, 5) is 29.3. The molecule has 0 saturated carbocycles. The maximum Gasteiger partial charge on any atom is 0.246 e. The van der Waals surface area contributed by atoms with Crippen LogP contribution < -0.4 is 16.4 Å². The van der Waals surface area contributed by atoms with E-state index in [2.05, 4.69) is 30.7 Å². The van der Waals surface area contributed by atoms with Crippen LogP contribution >= 0.6 is 0 Å². The van der Waals surface area contributed by atoms with Crippen molar-refractivity contribution >= 4 is 11.8 Å². The molecule has 0 aliphatic carbocycles. The second-order valence-corrected chi connectivity index (χ2v) is 5.27. The molecule has 152 valence electrons. The zero-order valence-corrected chi connectivity index (χ0v) is 15.2. The van der Waals surface area contributed by atoms with E-state index in [4.69, 9.17) is 26.3 Å². The lowest BCUT2D eigenvalue weighted by Gasteiger charge is -2.18. The molecular formula is C14H27N9O4. The maximum absolute atomic E-state index is 12.2. The fourth-order valence-electron chi connectivity index (χ4n) is 1.93. The van der Waals surface area contributed by atoms with Crippen molar-refractivity contribution in [1.82, 2.24) is 10.6 Å². The molecule has 0 heterocycles. The summed E-state index contributed by atoms with van der Waals surface area (Å²) in [6, 6.07) is -0.701. The number of hydrogen-bond donors (Lipinski definition) is 3. The highest BCUT2D eigenvalue weighted by atomic mass is 16.5. The number of rotatable bonds is 17. The van der Waals surface area contributed by atoms with E-state index < -0.39 is 11.9 Å². The molecule has 0 aliphatic rings. The minimum atomic E-state index is -0.701. The molecule has 2 amide bonds. The van der Waals surface area contributed by atoms with E-state index in [1.54, 1.807) is 0 Å². The third kappa shape index (κ3) is 15.4. The van der Waals surface area contributed by atoms with Crippen LogP contribution in [0.3, 0.4) is 0 Å². The topological polar surface area (TPSA) is 200 Å². The molecule has 13 heteroatoms. The Morgan fingerprint density at radius 2 is 1.70 bits per heavy atom. The van der Waals surface area contributed by atoms with Crippen molar-refractivity contribution < 1.29 is 19.1 Å². The van der Waals surface area contributed by atoms with Crippen LogP contribution in [0.1, 0.15) is 19.3 Å². The Morgan fingerprint density at radius 1 is 1.04 bits per heavy atom. The normalized spacial score (nSPS) is 11.0. The standard InChI is InChI=1S/C14H27N9O4/c15-4-2-1-3-12(21-13(24)11-27-10-7-20-23-17)14(25)18-5-8-26-9-6-19-22-16/h12H,1-11,15H2,(H,18,25)(H,21,24)/t12-/m0/s1. The van der Waals surface area contributed by atoms with Gasteiger partial charge in [-0.3, -0.25) is 9.59 Å². The zero-order chi connectivity index (χ0) is 20.2. The van der Waals surface area contributed by atoms with Gasteiger partial charge < -0.3 is 25.8 Å². The van der Waals surface area contributed by atoms with Crippen LogP contribution in [0.5, 0.6) is 0 Å². The Bertz CT molecular complexity index is 519. The fraction of sp³-hybridized carbons (Fsp3) is 0.857. The van der Waals surface area contributed by atoms with Gasteiger partial charge in [0.1, 0.15) is 12.6 Å². The van der Waals surface area contributed by atoms with E-state index in [1.165, 1.54) is 0 Å². The first-order valence-electron chi connectivity index (χ1n) is 8.60. The minimum Gasteiger partial charge on any atom is -0.379 e. The molecule has 27 heavy (non-hydrogen) atoms. The highest BCUT2D eigenvalue weighted by Crippen LogP contribution is 2.01. The Kier molecular flexibility index (Phi) is 16.5. The molecule has 0 saturated heterocycles. The summed E-state index contributed by atoms with van der Waals surface area (Å²) >= 11 is 0. The average Bonchev–Trinajstić information content (AvgIpc) is 2.66. The predicted molar refractivity (Wildman–Crippen MR) is 97.5 cm³/mol. The molecule has 0 unspecified atom stereocenters. The van der Waals surface area contributed by atoms with E-state index in [0.29, 0.717) is 19.4 Å². The quantitative estimate of drug-likeness (QED) is 0.140. The third-order valence-electron chi connectivity index (χ3n) is 3.18. The second kappa shape index (κ2) is 18.2. The van der Waals surface area contributed by atoms with Crippen molar-refractivity contribution in [2.24, 2.45) is 16.0 Å². The van der Waals surface area contributed by atoms with Gasteiger partial charge in [-0.05, 0) is 36.9 Å². The third-order valence-corrected chi connectivity index (χ3v) is 3.18. The van der Waals surface area contributed by atoms with Gasteiger partial charge >= 0.3 is 0 Å². The van der Waals surface area contributed by atoms with Gasteiger partial charge in [0.25, 0.3) is 0 Å². The van der Waals surface area contributed by atoms with E-state index in [0.717, 1.165) is 6.42 Å². The Hall–Kier alpha value is -2.56. The number of carbonyl (C=O) groups excluding carboxylic acids is 2. The average molecular weight is 385 g/mol. The van der Waals surface area contributed by atoms with Crippen LogP contribution in [0.4, 0.5) is 0 Å². The first-order valence-corrected chi connectivity index (χ1v) is 8.60. The number of carbonyl (C=O) groups is 2. The Balaban J connectivity index is 4.22. The summed E-state index contributed by atoms with van der Waals surface area (Å²) in [5, 5.41) is 11.9. The van der Waals surface area contributed by atoms with Crippen molar-refractivity contribution in [2.45, 2.75) is 25.3 Å². The van der Waals surface area contributed by atoms with Crippen molar-refractivity contribution in [3.8, 4) is 0 Å². The molecule has 0 spiro atoms.